The van der Waals surface area contributed by atoms with Crippen LogP contribution in [0.5, 0.6) is 5.75 Å². The van der Waals surface area contributed by atoms with E-state index in [1.807, 2.05) is 17.1 Å². The Bertz CT molecular complexity index is 653. The van der Waals surface area contributed by atoms with Gasteiger partial charge in [0.2, 0.25) is 0 Å². The number of imidazole rings is 1. The number of methoxy groups -OCH3 is 1. The van der Waals surface area contributed by atoms with Gasteiger partial charge in [-0.2, -0.15) is 0 Å². The molecule has 0 N–H and O–H groups in total. The summed E-state index contributed by atoms with van der Waals surface area (Å²) in [6, 6.07) is 4.55. The molecule has 3 nitrogen and oxygen atoms in total. The second-order valence-electron chi connectivity index (χ2n) is 7.55. The monoisotopic (exact) mass is 298 g/mol. The average molecular weight is 298 g/mol. The minimum Gasteiger partial charge on any atom is -0.495 e. The molecule has 1 heterocycles. The molecule has 3 rings (SSSR count). The van der Waals surface area contributed by atoms with Crippen LogP contribution in [-0.4, -0.2) is 16.7 Å². The second kappa shape index (κ2) is 5.45. The van der Waals surface area contributed by atoms with E-state index in [4.69, 9.17) is 4.74 Å². The fourth-order valence-electron chi connectivity index (χ4n) is 4.08. The Hall–Kier alpha value is -1.77. The molecule has 0 radical (unpaired) electrons. The van der Waals surface area contributed by atoms with Crippen LogP contribution < -0.4 is 4.74 Å². The standard InChI is InChI=1S/C19H26N2O/c1-13-6-7-14-10-16(21-9-8-20-12-21)17(22-5)11-15(14)18(13)19(2,3)4/h8-13,18H,6-7H2,1-5H3. The van der Waals surface area contributed by atoms with Gasteiger partial charge in [0.1, 0.15) is 5.75 Å². The molecule has 1 aromatic carbocycles. The van der Waals surface area contributed by atoms with Gasteiger partial charge in [0, 0.05) is 12.4 Å². The van der Waals surface area contributed by atoms with Crippen LogP contribution in [0.2, 0.25) is 0 Å². The Balaban J connectivity index is 2.15. The summed E-state index contributed by atoms with van der Waals surface area (Å²) in [6.07, 6.45) is 8.01. The topological polar surface area (TPSA) is 27.1 Å². The van der Waals surface area contributed by atoms with Gasteiger partial charge in [-0.3, -0.25) is 0 Å². The van der Waals surface area contributed by atoms with Crippen LogP contribution in [0.1, 0.15) is 51.2 Å². The minimum atomic E-state index is 0.260. The lowest BCUT2D eigenvalue weighted by atomic mass is 9.64. The zero-order valence-corrected chi connectivity index (χ0v) is 14.3. The highest BCUT2D eigenvalue weighted by molar-refractivity contribution is 5.54. The lowest BCUT2D eigenvalue weighted by molar-refractivity contribution is 0.224. The Morgan fingerprint density at radius 1 is 1.27 bits per heavy atom. The molecule has 2 unspecified atom stereocenters. The number of fused-ring (bicyclic) bond motifs is 1. The summed E-state index contributed by atoms with van der Waals surface area (Å²) in [4.78, 5) is 4.16. The molecule has 1 aliphatic carbocycles. The van der Waals surface area contributed by atoms with Crippen molar-refractivity contribution in [1.29, 1.82) is 0 Å². The largest absolute Gasteiger partial charge is 0.495 e. The third-order valence-corrected chi connectivity index (χ3v) is 4.93. The summed E-state index contributed by atoms with van der Waals surface area (Å²) >= 11 is 0. The van der Waals surface area contributed by atoms with Gasteiger partial charge < -0.3 is 9.30 Å². The van der Waals surface area contributed by atoms with Crippen molar-refractivity contribution < 1.29 is 4.74 Å². The van der Waals surface area contributed by atoms with Crippen LogP contribution in [0, 0.1) is 11.3 Å². The first-order chi connectivity index (χ1) is 10.4. The molecule has 2 atom stereocenters. The Morgan fingerprint density at radius 3 is 2.64 bits per heavy atom. The van der Waals surface area contributed by atoms with Crippen molar-refractivity contribution in [2.45, 2.75) is 46.5 Å². The van der Waals surface area contributed by atoms with Crippen molar-refractivity contribution in [2.24, 2.45) is 11.3 Å². The lowest BCUT2D eigenvalue weighted by Gasteiger charge is -2.41. The molecule has 0 bridgehead atoms. The summed E-state index contributed by atoms with van der Waals surface area (Å²) in [7, 11) is 1.75. The number of hydrogen-bond donors (Lipinski definition) is 0. The number of nitrogens with zero attached hydrogens (tertiary/aromatic N) is 2. The molecule has 1 aliphatic rings. The van der Waals surface area contributed by atoms with E-state index in [9.17, 15) is 0 Å². The summed E-state index contributed by atoms with van der Waals surface area (Å²) in [5.74, 6) is 2.21. The number of rotatable bonds is 2. The number of ether oxygens (including phenoxy) is 1. The van der Waals surface area contributed by atoms with Crippen LogP contribution in [0.15, 0.2) is 30.9 Å². The first-order valence-corrected chi connectivity index (χ1v) is 8.11. The van der Waals surface area contributed by atoms with E-state index in [1.165, 1.54) is 17.5 Å². The Morgan fingerprint density at radius 2 is 2.05 bits per heavy atom. The van der Waals surface area contributed by atoms with Crippen LogP contribution in [-0.2, 0) is 6.42 Å². The van der Waals surface area contributed by atoms with Crippen molar-refractivity contribution in [1.82, 2.24) is 9.55 Å². The van der Waals surface area contributed by atoms with E-state index in [0.29, 0.717) is 11.8 Å². The molecule has 0 spiro atoms. The molecular weight excluding hydrogens is 272 g/mol. The quantitative estimate of drug-likeness (QED) is 0.810. The fraction of sp³-hybridized carbons (Fsp3) is 0.526. The number of hydrogen-bond acceptors (Lipinski definition) is 2. The van der Waals surface area contributed by atoms with Crippen LogP contribution in [0.25, 0.3) is 5.69 Å². The van der Waals surface area contributed by atoms with Crippen molar-refractivity contribution in [3.63, 3.8) is 0 Å². The normalized spacial score (nSPS) is 21.5. The maximum Gasteiger partial charge on any atom is 0.143 e. The summed E-state index contributed by atoms with van der Waals surface area (Å²) in [5, 5.41) is 0. The average Bonchev–Trinajstić information content (AvgIpc) is 2.98. The zero-order valence-electron chi connectivity index (χ0n) is 14.3. The molecule has 1 aromatic heterocycles. The van der Waals surface area contributed by atoms with Crippen molar-refractivity contribution >= 4 is 0 Å². The zero-order chi connectivity index (χ0) is 15.9. The predicted molar refractivity (Wildman–Crippen MR) is 89.8 cm³/mol. The summed E-state index contributed by atoms with van der Waals surface area (Å²) in [5.41, 5.74) is 4.27. The molecule has 0 fully saturated rings. The smallest absolute Gasteiger partial charge is 0.143 e. The summed E-state index contributed by atoms with van der Waals surface area (Å²) in [6.45, 7) is 9.42. The van der Waals surface area contributed by atoms with Gasteiger partial charge in [0.05, 0.1) is 19.1 Å². The van der Waals surface area contributed by atoms with Gasteiger partial charge in [-0.25, -0.2) is 4.98 Å². The molecule has 118 valence electrons. The third kappa shape index (κ3) is 2.53. The molecule has 2 aromatic rings. The van der Waals surface area contributed by atoms with Gasteiger partial charge in [-0.15, -0.1) is 0 Å². The molecule has 0 saturated heterocycles. The van der Waals surface area contributed by atoms with E-state index >= 15 is 0 Å². The number of aryl methyl sites for hydroxylation is 1. The molecular formula is C19H26N2O. The minimum absolute atomic E-state index is 0.260. The van der Waals surface area contributed by atoms with E-state index in [2.05, 4.69) is 44.8 Å². The highest BCUT2D eigenvalue weighted by atomic mass is 16.5. The Labute approximate surface area is 133 Å². The number of aromatic nitrogens is 2. The molecule has 0 aliphatic heterocycles. The van der Waals surface area contributed by atoms with E-state index in [-0.39, 0.29) is 5.41 Å². The van der Waals surface area contributed by atoms with E-state index < -0.39 is 0 Å². The highest BCUT2D eigenvalue weighted by Crippen LogP contribution is 2.48. The van der Waals surface area contributed by atoms with Crippen molar-refractivity contribution in [2.75, 3.05) is 7.11 Å². The van der Waals surface area contributed by atoms with Gasteiger partial charge in [0.15, 0.2) is 0 Å². The highest BCUT2D eigenvalue weighted by Gasteiger charge is 2.36. The van der Waals surface area contributed by atoms with Crippen LogP contribution in [0.3, 0.4) is 0 Å². The first-order valence-electron chi connectivity index (χ1n) is 8.11. The van der Waals surface area contributed by atoms with E-state index in [0.717, 1.165) is 17.9 Å². The predicted octanol–water partition coefficient (Wildman–Crippen LogP) is 4.59. The summed E-state index contributed by atoms with van der Waals surface area (Å²) < 4.78 is 7.71. The maximum absolute atomic E-state index is 5.68. The second-order valence-corrected chi connectivity index (χ2v) is 7.55. The fourth-order valence-corrected chi connectivity index (χ4v) is 4.08. The maximum atomic E-state index is 5.68. The van der Waals surface area contributed by atoms with Gasteiger partial charge in [-0.05, 0) is 53.4 Å². The van der Waals surface area contributed by atoms with E-state index in [1.54, 1.807) is 13.3 Å². The van der Waals surface area contributed by atoms with Crippen LogP contribution in [0.4, 0.5) is 0 Å². The van der Waals surface area contributed by atoms with Gasteiger partial charge in [-0.1, -0.05) is 27.7 Å². The van der Waals surface area contributed by atoms with Crippen molar-refractivity contribution in [3.8, 4) is 11.4 Å². The molecule has 22 heavy (non-hydrogen) atoms. The van der Waals surface area contributed by atoms with Crippen LogP contribution >= 0.6 is 0 Å². The van der Waals surface area contributed by atoms with Gasteiger partial charge in [0.25, 0.3) is 0 Å². The number of benzene rings is 1. The Kier molecular flexibility index (Phi) is 3.75. The SMILES string of the molecule is COc1cc2c(cc1-n1ccnc1)CCC(C)C2C(C)(C)C. The molecule has 0 amide bonds. The first kappa shape index (κ1) is 15.1. The van der Waals surface area contributed by atoms with Gasteiger partial charge >= 0.3 is 0 Å². The molecule has 3 heteroatoms. The third-order valence-electron chi connectivity index (χ3n) is 4.93. The van der Waals surface area contributed by atoms with Crippen molar-refractivity contribution in [3.05, 3.63) is 42.0 Å². The lowest BCUT2D eigenvalue weighted by Crippen LogP contribution is -2.29. The molecule has 0 saturated carbocycles.